The fraction of sp³-hybridized carbons (Fsp3) is 0.615. The summed E-state index contributed by atoms with van der Waals surface area (Å²) >= 11 is 3.23. The van der Waals surface area contributed by atoms with Gasteiger partial charge in [0, 0.05) is 6.61 Å². The second-order valence-electron chi connectivity index (χ2n) is 5.02. The van der Waals surface area contributed by atoms with E-state index in [0.29, 0.717) is 23.7 Å². The van der Waals surface area contributed by atoms with E-state index in [1.807, 2.05) is 0 Å². The van der Waals surface area contributed by atoms with Crippen molar-refractivity contribution in [1.82, 2.24) is 15.3 Å². The van der Waals surface area contributed by atoms with Gasteiger partial charge in [0.25, 0.3) is 0 Å². The SMILES string of the molecule is CC(C)C1OCCC1C(=O)NCc1cnc(Br)cn1. The predicted octanol–water partition coefficient (Wildman–Crippen LogP) is 1.92. The maximum atomic E-state index is 12.2. The van der Waals surface area contributed by atoms with Crippen molar-refractivity contribution in [2.24, 2.45) is 11.8 Å². The van der Waals surface area contributed by atoms with Crippen molar-refractivity contribution in [3.05, 3.63) is 22.7 Å². The fourth-order valence-corrected chi connectivity index (χ4v) is 2.49. The van der Waals surface area contributed by atoms with Crippen LogP contribution in [0.5, 0.6) is 0 Å². The summed E-state index contributed by atoms with van der Waals surface area (Å²) in [5, 5.41) is 2.91. The van der Waals surface area contributed by atoms with Crippen LogP contribution in [0.15, 0.2) is 17.0 Å². The summed E-state index contributed by atoms with van der Waals surface area (Å²) < 4.78 is 6.31. The van der Waals surface area contributed by atoms with E-state index >= 15 is 0 Å². The molecule has 1 aliphatic rings. The molecule has 1 aliphatic heterocycles. The standard InChI is InChI=1S/C13H18BrN3O2/c1-8(2)12-10(3-4-19-12)13(18)17-6-9-5-16-11(14)7-15-9/h5,7-8,10,12H,3-4,6H2,1-2H3,(H,17,18). The lowest BCUT2D eigenvalue weighted by atomic mass is 9.92. The van der Waals surface area contributed by atoms with Gasteiger partial charge in [0.15, 0.2) is 0 Å². The average Bonchev–Trinajstić information content (AvgIpc) is 2.87. The van der Waals surface area contributed by atoms with Crippen LogP contribution >= 0.6 is 15.9 Å². The maximum absolute atomic E-state index is 12.2. The van der Waals surface area contributed by atoms with Crippen LogP contribution in [0.1, 0.15) is 26.0 Å². The molecule has 5 nitrogen and oxygen atoms in total. The number of aromatic nitrogens is 2. The molecule has 2 unspecified atom stereocenters. The number of ether oxygens (including phenoxy) is 1. The van der Waals surface area contributed by atoms with Gasteiger partial charge in [-0.3, -0.25) is 9.78 Å². The quantitative estimate of drug-likeness (QED) is 0.917. The number of carbonyl (C=O) groups is 1. The molecule has 1 aromatic rings. The second kappa shape index (κ2) is 6.43. The molecule has 6 heteroatoms. The van der Waals surface area contributed by atoms with Gasteiger partial charge in [-0.2, -0.15) is 0 Å². The van der Waals surface area contributed by atoms with E-state index < -0.39 is 0 Å². The zero-order chi connectivity index (χ0) is 13.8. The Morgan fingerprint density at radius 3 is 2.95 bits per heavy atom. The van der Waals surface area contributed by atoms with Gasteiger partial charge in [0.05, 0.1) is 36.7 Å². The maximum Gasteiger partial charge on any atom is 0.226 e. The second-order valence-corrected chi connectivity index (χ2v) is 5.84. The van der Waals surface area contributed by atoms with Crippen LogP contribution in [-0.2, 0) is 16.1 Å². The summed E-state index contributed by atoms with van der Waals surface area (Å²) in [6.07, 6.45) is 4.09. The molecule has 2 rings (SSSR count). The Morgan fingerprint density at radius 1 is 1.53 bits per heavy atom. The summed E-state index contributed by atoms with van der Waals surface area (Å²) in [5.74, 6) is 0.343. The zero-order valence-corrected chi connectivity index (χ0v) is 12.7. The molecule has 1 fully saturated rings. The third kappa shape index (κ3) is 3.73. The summed E-state index contributed by atoms with van der Waals surface area (Å²) in [5.41, 5.74) is 0.747. The van der Waals surface area contributed by atoms with E-state index in [2.05, 4.69) is 45.1 Å². The van der Waals surface area contributed by atoms with Crippen LogP contribution < -0.4 is 5.32 Å². The zero-order valence-electron chi connectivity index (χ0n) is 11.1. The molecule has 1 N–H and O–H groups in total. The Kier molecular flexibility index (Phi) is 4.87. The molecule has 1 aromatic heterocycles. The third-order valence-electron chi connectivity index (χ3n) is 3.25. The van der Waals surface area contributed by atoms with Crippen molar-refractivity contribution in [3.8, 4) is 0 Å². The molecule has 2 atom stereocenters. The van der Waals surface area contributed by atoms with Crippen molar-refractivity contribution in [2.75, 3.05) is 6.61 Å². The predicted molar refractivity (Wildman–Crippen MR) is 74.3 cm³/mol. The smallest absolute Gasteiger partial charge is 0.226 e. The Morgan fingerprint density at radius 2 is 2.32 bits per heavy atom. The van der Waals surface area contributed by atoms with Crippen molar-refractivity contribution in [2.45, 2.75) is 32.9 Å². The van der Waals surface area contributed by atoms with Crippen LogP contribution in [-0.4, -0.2) is 28.6 Å². The minimum atomic E-state index is -0.0524. The third-order valence-corrected chi connectivity index (χ3v) is 3.66. The Balaban J connectivity index is 1.89. The first-order chi connectivity index (χ1) is 9.08. The van der Waals surface area contributed by atoms with Crippen molar-refractivity contribution in [1.29, 1.82) is 0 Å². The number of nitrogens with zero attached hydrogens (tertiary/aromatic N) is 2. The van der Waals surface area contributed by atoms with E-state index in [1.54, 1.807) is 12.4 Å². The summed E-state index contributed by atoms with van der Waals surface area (Å²) in [6, 6.07) is 0. The first kappa shape index (κ1) is 14.4. The molecule has 0 saturated carbocycles. The average molecular weight is 328 g/mol. The van der Waals surface area contributed by atoms with E-state index in [0.717, 1.165) is 12.1 Å². The minimum absolute atomic E-state index is 0.0241. The summed E-state index contributed by atoms with van der Waals surface area (Å²) in [6.45, 7) is 5.23. The molecule has 0 aromatic carbocycles. The molecule has 2 heterocycles. The first-order valence-corrected chi connectivity index (χ1v) is 7.23. The number of amides is 1. The highest BCUT2D eigenvalue weighted by Crippen LogP contribution is 2.26. The van der Waals surface area contributed by atoms with E-state index in [9.17, 15) is 4.79 Å². The number of hydrogen-bond acceptors (Lipinski definition) is 4. The van der Waals surface area contributed by atoms with Crippen LogP contribution in [0.25, 0.3) is 0 Å². The summed E-state index contributed by atoms with van der Waals surface area (Å²) in [4.78, 5) is 20.4. The first-order valence-electron chi connectivity index (χ1n) is 6.43. The lowest BCUT2D eigenvalue weighted by Gasteiger charge is -2.21. The van der Waals surface area contributed by atoms with E-state index in [1.165, 1.54) is 0 Å². The van der Waals surface area contributed by atoms with Crippen LogP contribution in [0, 0.1) is 11.8 Å². The Bertz CT molecular complexity index is 436. The van der Waals surface area contributed by atoms with Gasteiger partial charge >= 0.3 is 0 Å². The number of rotatable bonds is 4. The highest BCUT2D eigenvalue weighted by Gasteiger charge is 2.35. The molecule has 19 heavy (non-hydrogen) atoms. The van der Waals surface area contributed by atoms with Gasteiger partial charge in [-0.15, -0.1) is 0 Å². The van der Waals surface area contributed by atoms with Crippen LogP contribution in [0.4, 0.5) is 0 Å². The molecular formula is C13H18BrN3O2. The Labute approximate surface area is 121 Å². The highest BCUT2D eigenvalue weighted by molar-refractivity contribution is 9.10. The van der Waals surface area contributed by atoms with Crippen molar-refractivity contribution in [3.63, 3.8) is 0 Å². The number of halogens is 1. The van der Waals surface area contributed by atoms with Crippen LogP contribution in [0.3, 0.4) is 0 Å². The van der Waals surface area contributed by atoms with Gasteiger partial charge in [-0.25, -0.2) is 4.98 Å². The lowest BCUT2D eigenvalue weighted by molar-refractivity contribution is -0.127. The normalized spacial score (nSPS) is 22.7. The Hall–Kier alpha value is -1.01. The number of nitrogens with one attached hydrogen (secondary N) is 1. The molecule has 104 valence electrons. The van der Waals surface area contributed by atoms with Gasteiger partial charge in [0.2, 0.25) is 5.91 Å². The molecule has 1 saturated heterocycles. The molecule has 0 spiro atoms. The fourth-order valence-electron chi connectivity index (χ4n) is 2.29. The van der Waals surface area contributed by atoms with Crippen LogP contribution in [0.2, 0.25) is 0 Å². The number of hydrogen-bond donors (Lipinski definition) is 1. The van der Waals surface area contributed by atoms with Gasteiger partial charge in [0.1, 0.15) is 4.60 Å². The van der Waals surface area contributed by atoms with Gasteiger partial charge in [-0.1, -0.05) is 13.8 Å². The molecule has 0 bridgehead atoms. The summed E-state index contributed by atoms with van der Waals surface area (Å²) in [7, 11) is 0. The van der Waals surface area contributed by atoms with E-state index in [-0.39, 0.29) is 17.9 Å². The highest BCUT2D eigenvalue weighted by atomic mass is 79.9. The molecule has 1 amide bonds. The van der Waals surface area contributed by atoms with E-state index in [4.69, 9.17) is 4.74 Å². The number of carbonyl (C=O) groups excluding carboxylic acids is 1. The molecule has 0 radical (unpaired) electrons. The van der Waals surface area contributed by atoms with Crippen molar-refractivity contribution >= 4 is 21.8 Å². The van der Waals surface area contributed by atoms with Gasteiger partial charge in [-0.05, 0) is 28.3 Å². The lowest BCUT2D eigenvalue weighted by Crippen LogP contribution is -2.37. The van der Waals surface area contributed by atoms with Crippen molar-refractivity contribution < 1.29 is 9.53 Å². The molecular weight excluding hydrogens is 310 g/mol. The minimum Gasteiger partial charge on any atom is -0.377 e. The topological polar surface area (TPSA) is 64.1 Å². The van der Waals surface area contributed by atoms with Gasteiger partial charge < -0.3 is 10.1 Å². The monoisotopic (exact) mass is 327 g/mol. The molecule has 0 aliphatic carbocycles. The largest absolute Gasteiger partial charge is 0.377 e.